The Morgan fingerprint density at radius 1 is 0.896 bits per heavy atom. The van der Waals surface area contributed by atoms with E-state index in [0.29, 0.717) is 36.1 Å². The van der Waals surface area contributed by atoms with Crippen molar-refractivity contribution in [1.82, 2.24) is 15.1 Å². The molecule has 0 saturated heterocycles. The zero-order chi connectivity index (χ0) is 32.7. The second-order valence-electron chi connectivity index (χ2n) is 12.2. The maximum Gasteiger partial charge on any atom is 0.263 e. The van der Waals surface area contributed by atoms with Crippen LogP contribution in [0.3, 0.4) is 0 Å². The first-order chi connectivity index (χ1) is 23.5. The molecule has 0 fully saturated rings. The predicted octanol–water partition coefficient (Wildman–Crippen LogP) is 6.88. The second-order valence-corrected chi connectivity index (χ2v) is 14.7. The normalized spacial score (nSPS) is 16.4. The Morgan fingerprint density at radius 3 is 2.10 bits per heavy atom. The van der Waals surface area contributed by atoms with Crippen LogP contribution in [-0.4, -0.2) is 51.7 Å². The van der Waals surface area contributed by atoms with Crippen LogP contribution in [0.15, 0.2) is 133 Å². The monoisotopic (exact) mass is 670 g/mol. The molecule has 2 aromatic heterocycles. The van der Waals surface area contributed by atoms with Crippen LogP contribution in [0.5, 0.6) is 5.75 Å². The number of hydrogen-bond acceptors (Lipinski definition) is 6. The van der Waals surface area contributed by atoms with Crippen molar-refractivity contribution in [2.75, 3.05) is 30.3 Å². The standard InChI is InChI=1S/C39H34N4O3S2/c1-27-17-19-33(20-18-27)48(45)26-32-25-46-35-34-37(38(44)40-21-22-42(32)34)47-36(35)28-23-41-43(24-28)39(29-11-5-2-6-12-29,30-13-7-3-8-14-30)31-15-9-4-10-16-31/h2-20,23-24,32H,21-22,25-26H2,1H3,(H,40,44)/t32-,48?/m0/s1. The van der Waals surface area contributed by atoms with E-state index in [1.165, 1.54) is 11.3 Å². The number of carbonyl (C=O) groups excluding carboxylic acids is 1. The summed E-state index contributed by atoms with van der Waals surface area (Å²) in [5.74, 6) is 0.981. The molecule has 1 amide bonds. The van der Waals surface area contributed by atoms with Gasteiger partial charge in [-0.3, -0.25) is 9.48 Å². The molecular formula is C39H34N4O3S2. The zero-order valence-electron chi connectivity index (χ0n) is 26.4. The highest BCUT2D eigenvalue weighted by atomic mass is 32.2. The Balaban J connectivity index is 1.23. The van der Waals surface area contributed by atoms with Gasteiger partial charge in [-0.15, -0.1) is 11.3 Å². The summed E-state index contributed by atoms with van der Waals surface area (Å²) in [5.41, 5.74) is 5.25. The van der Waals surface area contributed by atoms with Crippen LogP contribution in [0.2, 0.25) is 0 Å². The van der Waals surface area contributed by atoms with Gasteiger partial charge in [0.2, 0.25) is 0 Å². The summed E-state index contributed by atoms with van der Waals surface area (Å²) in [6.45, 7) is 3.51. The topological polar surface area (TPSA) is 82.4 Å². The maximum absolute atomic E-state index is 13.5. The van der Waals surface area contributed by atoms with Crippen LogP contribution in [0, 0.1) is 6.92 Å². The lowest BCUT2D eigenvalue weighted by molar-refractivity contribution is 0.0961. The van der Waals surface area contributed by atoms with Gasteiger partial charge in [-0.1, -0.05) is 109 Å². The van der Waals surface area contributed by atoms with Crippen LogP contribution < -0.4 is 15.0 Å². The molecule has 8 rings (SSSR count). The molecule has 0 radical (unpaired) electrons. The smallest absolute Gasteiger partial charge is 0.263 e. The highest BCUT2D eigenvalue weighted by molar-refractivity contribution is 7.91. The Hall–Kier alpha value is -4.83. The molecule has 48 heavy (non-hydrogen) atoms. The number of nitrogens with one attached hydrogen (secondary N) is 1. The quantitative estimate of drug-likeness (QED) is 0.141. The van der Waals surface area contributed by atoms with Gasteiger partial charge >= 0.3 is 0 Å². The molecule has 0 saturated carbocycles. The van der Waals surface area contributed by atoms with Crippen molar-refractivity contribution in [3.63, 3.8) is 0 Å². The van der Waals surface area contributed by atoms with Crippen molar-refractivity contribution >= 4 is 34.1 Å². The molecular weight excluding hydrogens is 637 g/mol. The van der Waals surface area contributed by atoms with E-state index >= 15 is 0 Å². The predicted molar refractivity (Wildman–Crippen MR) is 192 cm³/mol. The van der Waals surface area contributed by atoms with E-state index in [1.54, 1.807) is 0 Å². The van der Waals surface area contributed by atoms with E-state index in [-0.39, 0.29) is 11.9 Å². The lowest BCUT2D eigenvalue weighted by Crippen LogP contribution is -2.48. The number of nitrogens with zero attached hydrogens (tertiary/aromatic N) is 3. The number of rotatable bonds is 8. The maximum atomic E-state index is 13.5. The third-order valence-electron chi connectivity index (χ3n) is 9.22. The molecule has 240 valence electrons. The number of amides is 1. The number of aryl methyl sites for hydroxylation is 1. The number of benzene rings is 4. The molecule has 6 aromatic rings. The number of aromatic nitrogens is 2. The van der Waals surface area contributed by atoms with Gasteiger partial charge in [0, 0.05) is 24.8 Å². The third-order valence-corrected chi connectivity index (χ3v) is 11.9. The fraction of sp³-hybridized carbons (Fsp3) is 0.179. The summed E-state index contributed by atoms with van der Waals surface area (Å²) in [6, 6.07) is 39.0. The van der Waals surface area contributed by atoms with Gasteiger partial charge < -0.3 is 19.5 Å². The lowest BCUT2D eigenvalue weighted by Gasteiger charge is -2.37. The van der Waals surface area contributed by atoms with E-state index in [2.05, 4.69) is 89.2 Å². The van der Waals surface area contributed by atoms with E-state index in [9.17, 15) is 9.35 Å². The highest BCUT2D eigenvalue weighted by Crippen LogP contribution is 2.52. The largest absolute Gasteiger partial charge is 0.611 e. The van der Waals surface area contributed by atoms with E-state index < -0.39 is 16.7 Å². The minimum absolute atomic E-state index is 0.117. The van der Waals surface area contributed by atoms with Gasteiger partial charge in [0.25, 0.3) is 5.91 Å². The first kappa shape index (κ1) is 30.5. The first-order valence-corrected chi connectivity index (χ1v) is 18.2. The Kier molecular flexibility index (Phi) is 8.04. The average Bonchev–Trinajstić information content (AvgIpc) is 3.73. The fourth-order valence-electron chi connectivity index (χ4n) is 6.92. The lowest BCUT2D eigenvalue weighted by atomic mass is 9.77. The molecule has 1 N–H and O–H groups in total. The van der Waals surface area contributed by atoms with Gasteiger partial charge in [0.1, 0.15) is 34.5 Å². The van der Waals surface area contributed by atoms with Crippen LogP contribution in [0.4, 0.5) is 5.69 Å². The number of anilines is 1. The number of thiophene rings is 1. The van der Waals surface area contributed by atoms with Crippen LogP contribution in [0.1, 0.15) is 31.9 Å². The Labute approximate surface area is 287 Å². The third kappa shape index (κ3) is 5.19. The van der Waals surface area contributed by atoms with Crippen molar-refractivity contribution in [2.45, 2.75) is 23.4 Å². The summed E-state index contributed by atoms with van der Waals surface area (Å²) in [6.07, 6.45) is 3.94. The van der Waals surface area contributed by atoms with Gasteiger partial charge in [0.15, 0.2) is 10.6 Å². The average molecular weight is 671 g/mol. The van der Waals surface area contributed by atoms with Gasteiger partial charge in [-0.25, -0.2) is 0 Å². The minimum Gasteiger partial charge on any atom is -0.611 e. The summed E-state index contributed by atoms with van der Waals surface area (Å²) in [7, 11) is 0. The molecule has 2 atom stereocenters. The molecule has 0 spiro atoms. The molecule has 4 aromatic carbocycles. The zero-order valence-corrected chi connectivity index (χ0v) is 28.0. The summed E-state index contributed by atoms with van der Waals surface area (Å²) in [4.78, 5) is 17.9. The minimum atomic E-state index is -1.21. The van der Waals surface area contributed by atoms with Crippen molar-refractivity contribution in [2.24, 2.45) is 0 Å². The van der Waals surface area contributed by atoms with Crippen molar-refractivity contribution in [3.8, 4) is 16.2 Å². The van der Waals surface area contributed by atoms with Crippen molar-refractivity contribution < 1.29 is 14.1 Å². The Bertz CT molecular complexity index is 1950. The van der Waals surface area contributed by atoms with Crippen LogP contribution in [0.25, 0.3) is 10.4 Å². The number of hydrogen-bond donors (Lipinski definition) is 1. The Morgan fingerprint density at radius 2 is 1.50 bits per heavy atom. The van der Waals surface area contributed by atoms with Gasteiger partial charge in [-0.2, -0.15) is 5.10 Å². The van der Waals surface area contributed by atoms with Crippen LogP contribution >= 0.6 is 11.3 Å². The summed E-state index contributed by atoms with van der Waals surface area (Å²) in [5, 5.41) is 8.13. The molecule has 2 aliphatic heterocycles. The highest BCUT2D eigenvalue weighted by Gasteiger charge is 2.42. The molecule has 1 unspecified atom stereocenters. The SMILES string of the molecule is Cc1ccc([S+]([O-])C[C@@H]2COc3c(-c4cnn(C(c5ccccc5)(c5ccccc5)c5ccccc5)c4)sc4c3N2CCNC4=O)cc1. The van der Waals surface area contributed by atoms with E-state index in [4.69, 9.17) is 9.84 Å². The number of carbonyl (C=O) groups is 1. The van der Waals surface area contributed by atoms with Crippen molar-refractivity contribution in [1.29, 1.82) is 0 Å². The summed E-state index contributed by atoms with van der Waals surface area (Å²) >= 11 is 0.214. The molecule has 0 aliphatic carbocycles. The van der Waals surface area contributed by atoms with E-state index in [0.717, 1.165) is 43.3 Å². The van der Waals surface area contributed by atoms with E-state index in [1.807, 2.05) is 60.3 Å². The van der Waals surface area contributed by atoms with Crippen molar-refractivity contribution in [3.05, 3.63) is 155 Å². The first-order valence-electron chi connectivity index (χ1n) is 16.1. The van der Waals surface area contributed by atoms with Gasteiger partial charge in [0.05, 0.1) is 11.1 Å². The molecule has 2 aliphatic rings. The molecule has 9 heteroatoms. The summed E-state index contributed by atoms with van der Waals surface area (Å²) < 4.78 is 22.0. The molecule has 0 bridgehead atoms. The fourth-order valence-corrected chi connectivity index (χ4v) is 9.33. The molecule has 4 heterocycles. The van der Waals surface area contributed by atoms with Gasteiger partial charge in [-0.05, 0) is 46.9 Å². The molecule has 7 nitrogen and oxygen atoms in total. The van der Waals surface area contributed by atoms with Crippen LogP contribution in [-0.2, 0) is 16.7 Å². The number of ether oxygens (including phenoxy) is 1. The second kappa shape index (κ2) is 12.6.